The van der Waals surface area contributed by atoms with Crippen LogP contribution in [0.25, 0.3) is 0 Å². The fourth-order valence-corrected chi connectivity index (χ4v) is 7.90. The van der Waals surface area contributed by atoms with E-state index in [0.717, 1.165) is 27.3 Å². The van der Waals surface area contributed by atoms with Crippen LogP contribution in [0.4, 0.5) is 0 Å². The van der Waals surface area contributed by atoms with E-state index in [9.17, 15) is 24.3 Å². The third-order valence-electron chi connectivity index (χ3n) is 9.37. The molecule has 0 aliphatic carbocycles. The molecule has 14 nitrogen and oxygen atoms in total. The van der Waals surface area contributed by atoms with Crippen LogP contribution in [0.3, 0.4) is 0 Å². The number of thiocarbonyl (C=S) groups is 1. The van der Waals surface area contributed by atoms with E-state index in [-0.39, 0.29) is 37.8 Å². The van der Waals surface area contributed by atoms with Crippen molar-refractivity contribution in [1.82, 2.24) is 10.3 Å². The molecule has 9 atom stereocenters. The molecule has 0 saturated carbocycles. The predicted molar refractivity (Wildman–Crippen MR) is 210 cm³/mol. The second-order valence-corrected chi connectivity index (χ2v) is 15.3. The monoisotopic (exact) mass is 824 g/mol. The molecule has 1 unspecified atom stereocenters. The Morgan fingerprint density at radius 1 is 0.754 bits per heavy atom. The van der Waals surface area contributed by atoms with Crippen LogP contribution < -0.4 is 5.32 Å². The Bertz CT molecular complexity index is 1830. The summed E-state index contributed by atoms with van der Waals surface area (Å²) < 4.78 is 41.1. The molecule has 0 radical (unpaired) electrons. The van der Waals surface area contributed by atoms with Crippen LogP contribution in [-0.4, -0.2) is 87.9 Å². The predicted octanol–water partition coefficient (Wildman–Crippen LogP) is 5.09. The van der Waals surface area contributed by atoms with Crippen molar-refractivity contribution in [3.05, 3.63) is 95.2 Å². The van der Waals surface area contributed by atoms with Gasteiger partial charge in [-0.2, -0.15) is 0 Å². The molecule has 1 aromatic heterocycles. The number of carbonyl (C=O) groups excluding carboxylic acids is 4. The Morgan fingerprint density at radius 3 is 1.96 bits per heavy atom. The maximum atomic E-state index is 12.2. The van der Waals surface area contributed by atoms with Crippen molar-refractivity contribution < 1.29 is 57.4 Å². The zero-order valence-corrected chi connectivity index (χ0v) is 34.0. The summed E-state index contributed by atoms with van der Waals surface area (Å²) >= 11 is 7.31. The molecule has 2 aliphatic rings. The van der Waals surface area contributed by atoms with Crippen LogP contribution in [0.1, 0.15) is 75.7 Å². The smallest absolute Gasteiger partial charge is 0.303 e. The van der Waals surface area contributed by atoms with Gasteiger partial charge in [-0.25, -0.2) is 4.98 Å². The number of nitrogens with one attached hydrogen (secondary N) is 1. The highest BCUT2D eigenvalue weighted by Gasteiger charge is 2.52. The van der Waals surface area contributed by atoms with Gasteiger partial charge in [0.05, 0.1) is 28.8 Å². The first-order chi connectivity index (χ1) is 27.3. The Morgan fingerprint density at radius 2 is 1.37 bits per heavy atom. The van der Waals surface area contributed by atoms with Gasteiger partial charge in [-0.3, -0.25) is 19.2 Å². The lowest BCUT2D eigenvalue weighted by atomic mass is 9.91. The molecule has 2 aromatic carbocycles. The number of thioether (sulfide) groups is 1. The Labute approximate surface area is 341 Å². The number of carbonyl (C=O) groups is 4. The third-order valence-corrected chi connectivity index (χ3v) is 10.7. The van der Waals surface area contributed by atoms with E-state index in [4.69, 9.17) is 45.4 Å². The number of pyridine rings is 1. The first-order valence-electron chi connectivity index (χ1n) is 18.5. The van der Waals surface area contributed by atoms with E-state index >= 15 is 0 Å². The van der Waals surface area contributed by atoms with Gasteiger partial charge in [0.2, 0.25) is 0 Å². The molecule has 2 N–H and O–H groups in total. The van der Waals surface area contributed by atoms with Gasteiger partial charge in [0.15, 0.2) is 24.6 Å². The summed E-state index contributed by atoms with van der Waals surface area (Å²) in [6.07, 6.45) is -5.03. The van der Waals surface area contributed by atoms with Gasteiger partial charge in [-0.15, -0.1) is 11.8 Å². The van der Waals surface area contributed by atoms with Crippen molar-refractivity contribution >= 4 is 52.8 Å². The largest absolute Gasteiger partial charge is 0.463 e. The van der Waals surface area contributed by atoms with Gasteiger partial charge in [0, 0.05) is 64.1 Å². The van der Waals surface area contributed by atoms with Crippen molar-refractivity contribution in [2.24, 2.45) is 5.92 Å². The minimum atomic E-state index is -1.27. The molecule has 2 aliphatic heterocycles. The number of aromatic nitrogens is 1. The van der Waals surface area contributed by atoms with Gasteiger partial charge in [-0.05, 0) is 28.8 Å². The number of hydrogen-bond acceptors (Lipinski definition) is 15. The van der Waals surface area contributed by atoms with Gasteiger partial charge < -0.3 is 43.6 Å². The van der Waals surface area contributed by atoms with E-state index in [1.807, 2.05) is 66.7 Å². The van der Waals surface area contributed by atoms with Gasteiger partial charge in [-0.1, -0.05) is 73.7 Å². The summed E-state index contributed by atoms with van der Waals surface area (Å²) in [7, 11) is 0. The summed E-state index contributed by atoms with van der Waals surface area (Å²) in [6.45, 7) is 6.81. The molecule has 57 heavy (non-hydrogen) atoms. The maximum Gasteiger partial charge on any atom is 0.303 e. The molecule has 306 valence electrons. The number of ether oxygens (including phenoxy) is 7. The van der Waals surface area contributed by atoms with Crippen LogP contribution in [0.2, 0.25) is 0 Å². The van der Waals surface area contributed by atoms with Crippen LogP contribution in [0, 0.1) is 5.92 Å². The molecule has 16 heteroatoms. The van der Waals surface area contributed by atoms with Crippen LogP contribution >= 0.6 is 24.0 Å². The van der Waals surface area contributed by atoms with Crippen LogP contribution in [0.15, 0.2) is 78.0 Å². The minimum absolute atomic E-state index is 0.0179. The number of aliphatic hydroxyl groups is 1. The summed E-state index contributed by atoms with van der Waals surface area (Å²) in [5.41, 5.74) is 3.53. The minimum Gasteiger partial charge on any atom is -0.463 e. The highest BCUT2D eigenvalue weighted by atomic mass is 32.2. The molecule has 0 spiro atoms. The van der Waals surface area contributed by atoms with Crippen molar-refractivity contribution in [3.63, 3.8) is 0 Å². The summed E-state index contributed by atoms with van der Waals surface area (Å²) in [5, 5.41) is 13.7. The van der Waals surface area contributed by atoms with E-state index in [0.29, 0.717) is 17.3 Å². The molecular formula is C41H48N2O12S2. The molecule has 5 rings (SSSR count). The first-order valence-corrected chi connectivity index (χ1v) is 19.9. The molecule has 3 aromatic rings. The zero-order chi connectivity index (χ0) is 41.1. The summed E-state index contributed by atoms with van der Waals surface area (Å²) in [5.74, 6) is -2.02. The highest BCUT2D eigenvalue weighted by molar-refractivity contribution is 7.99. The van der Waals surface area contributed by atoms with E-state index in [2.05, 4.69) is 17.2 Å². The summed E-state index contributed by atoms with van der Waals surface area (Å²) in [4.78, 5) is 52.9. The average molecular weight is 825 g/mol. The Kier molecular flexibility index (Phi) is 15.9. The van der Waals surface area contributed by atoms with E-state index < -0.39 is 60.7 Å². The second kappa shape index (κ2) is 20.8. The van der Waals surface area contributed by atoms with E-state index in [1.165, 1.54) is 27.7 Å². The fourth-order valence-electron chi connectivity index (χ4n) is 6.64. The third kappa shape index (κ3) is 12.5. The Hall–Kier alpha value is -4.45. The number of rotatable bonds is 15. The maximum absolute atomic E-state index is 12.2. The molecule has 2 fully saturated rings. The second-order valence-electron chi connectivity index (χ2n) is 13.8. The normalized spacial score (nSPS) is 25.8. The number of nitrogens with zero attached hydrogens (tertiary/aromatic N) is 1. The lowest BCUT2D eigenvalue weighted by Crippen LogP contribution is -2.62. The van der Waals surface area contributed by atoms with Gasteiger partial charge in [0.1, 0.15) is 18.8 Å². The first kappa shape index (κ1) is 43.7. The Balaban J connectivity index is 1.27. The number of hydrogen-bond donors (Lipinski definition) is 2. The highest BCUT2D eigenvalue weighted by Crippen LogP contribution is 2.43. The number of esters is 4. The molecule has 3 heterocycles. The van der Waals surface area contributed by atoms with Crippen molar-refractivity contribution in [2.45, 2.75) is 108 Å². The molecule has 0 bridgehead atoms. The van der Waals surface area contributed by atoms with Crippen molar-refractivity contribution in [1.29, 1.82) is 0 Å². The van der Waals surface area contributed by atoms with Gasteiger partial charge >= 0.3 is 23.9 Å². The number of benzene rings is 2. The summed E-state index contributed by atoms with van der Waals surface area (Å²) in [6, 6.07) is 21.3. The topological polar surface area (TPSA) is 178 Å². The quantitative estimate of drug-likeness (QED) is 0.0896. The molecule has 2 saturated heterocycles. The van der Waals surface area contributed by atoms with Gasteiger partial charge in [0.25, 0.3) is 0 Å². The number of aliphatic hydroxyl groups excluding tert-OH is 1. The van der Waals surface area contributed by atoms with E-state index in [1.54, 1.807) is 18.0 Å². The lowest BCUT2D eigenvalue weighted by Gasteiger charge is -2.44. The van der Waals surface area contributed by atoms with Crippen LogP contribution in [0.5, 0.6) is 0 Å². The lowest BCUT2D eigenvalue weighted by molar-refractivity contribution is -0.268. The molecular weight excluding hydrogens is 777 g/mol. The fraction of sp³-hybridized carbons (Fsp3) is 0.463. The SMILES string of the molecule is CC(=O)OC[C@H]1O[C@@H](CC(=S)NCc2ccc(C3O[C@H](CSc4ccccn4)[C@H](C)[C@H](c4ccc(CO)cc4)O3)cc2)[C@H](OC(C)=O)[C@@H](OC(C)=O)[C@@H]1OC(C)=O. The van der Waals surface area contributed by atoms with Crippen molar-refractivity contribution in [3.8, 4) is 0 Å². The average Bonchev–Trinajstić information content (AvgIpc) is 3.18. The van der Waals surface area contributed by atoms with Crippen LogP contribution in [-0.2, 0) is 65.5 Å². The van der Waals surface area contributed by atoms with Crippen molar-refractivity contribution in [2.75, 3.05) is 12.4 Å². The standard InChI is InChI=1S/C41H48N2O12S2/c1-23-34(22-57-36-8-6-7-17-42-36)54-41(55-37(23)30-13-11-29(20-44)12-14-30)31-15-9-28(10-16-31)19-43-35(56)18-32-38(50-25(3)46)40(52-27(5)48)39(51-26(4)47)33(53-32)21-49-24(2)45/h6-17,23,32-34,37-41,44H,18-22H2,1-5H3,(H,43,56)/t23-,32-,33+,34+,37+,38-,39+,40+,41?/m0/s1. The zero-order valence-electron chi connectivity index (χ0n) is 32.4. The molecule has 0 amide bonds.